The van der Waals surface area contributed by atoms with Gasteiger partial charge in [-0.1, -0.05) is 19.1 Å². The molecule has 2 amide bonds. The Labute approximate surface area is 140 Å². The summed E-state index contributed by atoms with van der Waals surface area (Å²) in [6.45, 7) is 2.74. The molecule has 0 atom stereocenters. The average Bonchev–Trinajstić information content (AvgIpc) is 2.56. The lowest BCUT2D eigenvalue weighted by Gasteiger charge is -2.17. The van der Waals surface area contributed by atoms with Crippen molar-refractivity contribution in [1.29, 1.82) is 0 Å². The Morgan fingerprint density at radius 2 is 1.88 bits per heavy atom. The standard InChI is InChI=1S/C18H20F2N2O2/c1-3-10-22(2)18(23)21-17-9-8-15(11-16(17)20)24-12-13-4-6-14(19)7-5-13/h4-9,11H,3,10,12H2,1-2H3,(H,21,23). The van der Waals surface area contributed by atoms with Crippen LogP contribution in [0.25, 0.3) is 0 Å². The molecule has 0 radical (unpaired) electrons. The molecule has 0 aliphatic carbocycles. The van der Waals surface area contributed by atoms with Crippen LogP contribution in [0.3, 0.4) is 0 Å². The molecule has 0 aliphatic rings. The largest absolute Gasteiger partial charge is 0.489 e. The van der Waals surface area contributed by atoms with Crippen molar-refractivity contribution in [2.24, 2.45) is 0 Å². The van der Waals surface area contributed by atoms with Crippen molar-refractivity contribution < 1.29 is 18.3 Å². The molecular weight excluding hydrogens is 314 g/mol. The monoisotopic (exact) mass is 334 g/mol. The summed E-state index contributed by atoms with van der Waals surface area (Å²) in [5.41, 5.74) is 0.868. The fourth-order valence-electron chi connectivity index (χ4n) is 2.08. The van der Waals surface area contributed by atoms with Gasteiger partial charge in [-0.25, -0.2) is 13.6 Å². The molecule has 24 heavy (non-hydrogen) atoms. The minimum absolute atomic E-state index is 0.0945. The molecule has 0 heterocycles. The second-order valence-corrected chi connectivity index (χ2v) is 5.41. The van der Waals surface area contributed by atoms with Gasteiger partial charge in [0.25, 0.3) is 0 Å². The Hall–Kier alpha value is -2.63. The lowest BCUT2D eigenvalue weighted by molar-refractivity contribution is 0.222. The number of nitrogens with one attached hydrogen (secondary N) is 1. The number of rotatable bonds is 6. The van der Waals surface area contributed by atoms with Gasteiger partial charge in [0.2, 0.25) is 0 Å². The lowest BCUT2D eigenvalue weighted by atomic mass is 10.2. The number of amides is 2. The van der Waals surface area contributed by atoms with Crippen LogP contribution in [0.4, 0.5) is 19.3 Å². The minimum atomic E-state index is -0.579. The molecule has 1 N–H and O–H groups in total. The Morgan fingerprint density at radius 3 is 2.50 bits per heavy atom. The Morgan fingerprint density at radius 1 is 1.17 bits per heavy atom. The zero-order valence-corrected chi connectivity index (χ0v) is 13.7. The maximum atomic E-state index is 14.1. The summed E-state index contributed by atoms with van der Waals surface area (Å²) < 4.78 is 32.4. The highest BCUT2D eigenvalue weighted by Gasteiger charge is 2.11. The number of hydrogen-bond acceptors (Lipinski definition) is 2. The lowest BCUT2D eigenvalue weighted by Crippen LogP contribution is -2.32. The predicted octanol–water partition coefficient (Wildman–Crippen LogP) is 4.42. The maximum Gasteiger partial charge on any atom is 0.321 e. The van der Waals surface area contributed by atoms with E-state index in [4.69, 9.17) is 4.74 Å². The molecule has 0 aliphatic heterocycles. The SMILES string of the molecule is CCCN(C)C(=O)Nc1ccc(OCc2ccc(F)cc2)cc1F. The summed E-state index contributed by atoms with van der Waals surface area (Å²) in [5.74, 6) is -0.570. The molecule has 0 unspecified atom stereocenters. The number of carbonyl (C=O) groups excluding carboxylic acids is 1. The molecule has 0 aromatic heterocycles. The van der Waals surface area contributed by atoms with Crippen LogP contribution in [0.1, 0.15) is 18.9 Å². The number of ether oxygens (including phenoxy) is 1. The van der Waals surface area contributed by atoms with Gasteiger partial charge >= 0.3 is 6.03 Å². The topological polar surface area (TPSA) is 41.6 Å². The summed E-state index contributed by atoms with van der Waals surface area (Å²) in [7, 11) is 1.65. The molecular formula is C18H20F2N2O2. The molecule has 6 heteroatoms. The first-order valence-corrected chi connectivity index (χ1v) is 7.68. The third kappa shape index (κ3) is 4.94. The molecule has 2 aromatic carbocycles. The fraction of sp³-hybridized carbons (Fsp3) is 0.278. The highest BCUT2D eigenvalue weighted by atomic mass is 19.1. The van der Waals surface area contributed by atoms with Crippen LogP contribution in [-0.4, -0.2) is 24.5 Å². The number of halogens is 2. The van der Waals surface area contributed by atoms with Gasteiger partial charge in [0.1, 0.15) is 24.0 Å². The van der Waals surface area contributed by atoms with Crippen molar-refractivity contribution in [3.05, 3.63) is 59.7 Å². The third-order valence-electron chi connectivity index (χ3n) is 3.41. The van der Waals surface area contributed by atoms with E-state index in [2.05, 4.69) is 5.32 Å². The normalized spacial score (nSPS) is 10.3. The van der Waals surface area contributed by atoms with E-state index in [1.54, 1.807) is 25.2 Å². The van der Waals surface area contributed by atoms with Crippen molar-refractivity contribution >= 4 is 11.7 Å². The van der Waals surface area contributed by atoms with E-state index < -0.39 is 5.82 Å². The van der Waals surface area contributed by atoms with Gasteiger partial charge in [-0.05, 0) is 36.2 Å². The van der Waals surface area contributed by atoms with Crippen molar-refractivity contribution in [1.82, 2.24) is 4.90 Å². The van der Waals surface area contributed by atoms with Crippen molar-refractivity contribution in [2.75, 3.05) is 18.9 Å². The minimum Gasteiger partial charge on any atom is -0.489 e. The smallest absolute Gasteiger partial charge is 0.321 e. The highest BCUT2D eigenvalue weighted by molar-refractivity contribution is 5.89. The van der Waals surface area contributed by atoms with Gasteiger partial charge in [0.05, 0.1) is 5.69 Å². The Balaban J connectivity index is 1.96. The first-order chi connectivity index (χ1) is 11.5. The zero-order chi connectivity index (χ0) is 17.5. The highest BCUT2D eigenvalue weighted by Crippen LogP contribution is 2.22. The molecule has 128 valence electrons. The first kappa shape index (κ1) is 17.7. The van der Waals surface area contributed by atoms with Crippen LogP contribution in [-0.2, 0) is 6.61 Å². The van der Waals surface area contributed by atoms with E-state index in [0.717, 1.165) is 12.0 Å². The molecule has 0 spiro atoms. The summed E-state index contributed by atoms with van der Waals surface area (Å²) in [4.78, 5) is 13.3. The number of hydrogen-bond donors (Lipinski definition) is 1. The number of anilines is 1. The van der Waals surface area contributed by atoms with Crippen LogP contribution >= 0.6 is 0 Å². The summed E-state index contributed by atoms with van der Waals surface area (Å²) >= 11 is 0. The molecule has 0 fully saturated rings. The maximum absolute atomic E-state index is 14.1. The quantitative estimate of drug-likeness (QED) is 0.850. The van der Waals surface area contributed by atoms with Gasteiger partial charge in [-0.2, -0.15) is 0 Å². The van der Waals surface area contributed by atoms with Crippen LogP contribution < -0.4 is 10.1 Å². The van der Waals surface area contributed by atoms with E-state index in [1.807, 2.05) is 6.92 Å². The second kappa shape index (κ2) is 8.29. The van der Waals surface area contributed by atoms with Crippen LogP contribution in [0.5, 0.6) is 5.75 Å². The van der Waals surface area contributed by atoms with Crippen LogP contribution in [0, 0.1) is 11.6 Å². The van der Waals surface area contributed by atoms with Crippen molar-refractivity contribution in [2.45, 2.75) is 20.0 Å². The first-order valence-electron chi connectivity index (χ1n) is 7.68. The van der Waals surface area contributed by atoms with Gasteiger partial charge in [0.15, 0.2) is 0 Å². The number of urea groups is 1. The molecule has 0 saturated carbocycles. The summed E-state index contributed by atoms with van der Waals surface area (Å²) in [6.07, 6.45) is 0.822. The second-order valence-electron chi connectivity index (χ2n) is 5.41. The van der Waals surface area contributed by atoms with Gasteiger partial charge in [-0.15, -0.1) is 0 Å². The number of carbonyl (C=O) groups is 1. The van der Waals surface area contributed by atoms with Gasteiger partial charge < -0.3 is 15.0 Å². The number of benzene rings is 2. The average molecular weight is 334 g/mol. The zero-order valence-electron chi connectivity index (χ0n) is 13.7. The summed E-state index contributed by atoms with van der Waals surface area (Å²) in [5, 5.41) is 2.52. The molecule has 0 bridgehead atoms. The van der Waals surface area contributed by atoms with Crippen molar-refractivity contribution in [3.63, 3.8) is 0 Å². The molecule has 2 rings (SSSR count). The molecule has 0 saturated heterocycles. The Kier molecular flexibility index (Phi) is 6.12. The van der Waals surface area contributed by atoms with Gasteiger partial charge in [0, 0.05) is 19.7 Å². The summed E-state index contributed by atoms with van der Waals surface area (Å²) in [6, 6.07) is 9.74. The fourth-order valence-corrected chi connectivity index (χ4v) is 2.08. The van der Waals surface area contributed by atoms with Crippen LogP contribution in [0.2, 0.25) is 0 Å². The Bertz CT molecular complexity index is 690. The van der Waals surface area contributed by atoms with Crippen LogP contribution in [0.15, 0.2) is 42.5 Å². The molecule has 4 nitrogen and oxygen atoms in total. The molecule has 2 aromatic rings. The predicted molar refractivity (Wildman–Crippen MR) is 89.1 cm³/mol. The van der Waals surface area contributed by atoms with E-state index >= 15 is 0 Å². The van der Waals surface area contributed by atoms with Crippen molar-refractivity contribution in [3.8, 4) is 5.75 Å². The van der Waals surface area contributed by atoms with E-state index in [1.165, 1.54) is 29.2 Å². The van der Waals surface area contributed by atoms with Gasteiger partial charge in [-0.3, -0.25) is 0 Å². The van der Waals surface area contributed by atoms with E-state index in [-0.39, 0.29) is 24.1 Å². The van der Waals surface area contributed by atoms with E-state index in [0.29, 0.717) is 12.3 Å². The third-order valence-corrected chi connectivity index (χ3v) is 3.41. The van der Waals surface area contributed by atoms with E-state index in [9.17, 15) is 13.6 Å². The number of nitrogens with zero attached hydrogens (tertiary/aromatic N) is 1.